The monoisotopic (exact) mass is 291 g/mol. The van der Waals surface area contributed by atoms with Crippen LogP contribution >= 0.6 is 0 Å². The van der Waals surface area contributed by atoms with Gasteiger partial charge in [0.05, 0.1) is 0 Å². The van der Waals surface area contributed by atoms with Crippen molar-refractivity contribution in [2.24, 2.45) is 5.92 Å². The minimum atomic E-state index is -4.33. The van der Waals surface area contributed by atoms with Crippen molar-refractivity contribution in [2.75, 3.05) is 0 Å². The summed E-state index contributed by atoms with van der Waals surface area (Å²) in [4.78, 5) is 10.2. The molecule has 0 aromatic heterocycles. The largest absolute Gasteiger partial charge is 0.480 e. The molecule has 0 heterocycles. The van der Waals surface area contributed by atoms with Gasteiger partial charge < -0.3 is 5.11 Å². The molecule has 0 saturated heterocycles. The maximum atomic E-state index is 13.4. The maximum Gasteiger partial charge on any atom is 0.322 e. The average molecular weight is 291 g/mol. The van der Waals surface area contributed by atoms with Crippen molar-refractivity contribution in [3.63, 3.8) is 0 Å². The number of rotatable bonds is 5. The van der Waals surface area contributed by atoms with Crippen LogP contribution in [0.25, 0.3) is 0 Å². The quantitative estimate of drug-likeness (QED) is 0.851. The summed E-state index contributed by atoms with van der Waals surface area (Å²) in [5.74, 6) is -3.76. The summed E-state index contributed by atoms with van der Waals surface area (Å²) in [5.41, 5.74) is 0. The Bertz CT molecular complexity index is 613. The maximum absolute atomic E-state index is 13.4. The molecular formula is C11H11F2NO4S. The first-order valence-corrected chi connectivity index (χ1v) is 7.00. The second-order valence-electron chi connectivity index (χ2n) is 4.35. The van der Waals surface area contributed by atoms with Crippen LogP contribution in [0.4, 0.5) is 8.78 Å². The lowest BCUT2D eigenvalue weighted by Gasteiger charge is -2.14. The van der Waals surface area contributed by atoms with E-state index in [0.29, 0.717) is 18.9 Å². The molecule has 1 fully saturated rings. The van der Waals surface area contributed by atoms with Gasteiger partial charge in [0.1, 0.15) is 22.6 Å². The van der Waals surface area contributed by atoms with Crippen LogP contribution in [0.3, 0.4) is 0 Å². The number of hydrogen-bond acceptors (Lipinski definition) is 3. The number of carbonyl (C=O) groups is 1. The normalized spacial score (nSPS) is 17.2. The van der Waals surface area contributed by atoms with Crippen LogP contribution in [-0.2, 0) is 14.8 Å². The van der Waals surface area contributed by atoms with Gasteiger partial charge in [0.2, 0.25) is 10.0 Å². The standard InChI is InChI=1S/C11H11F2NO4S/c12-7-3-4-9(8(13)5-7)19(17,18)14-10(11(15)16)6-1-2-6/h3-6,10,14H,1-2H2,(H,15,16). The molecule has 0 radical (unpaired) electrons. The molecule has 5 nitrogen and oxygen atoms in total. The SMILES string of the molecule is O=C(O)C(NS(=O)(=O)c1ccc(F)cc1F)C1CC1. The zero-order valence-corrected chi connectivity index (χ0v) is 10.5. The second kappa shape index (κ2) is 4.86. The van der Waals surface area contributed by atoms with Crippen molar-refractivity contribution in [3.8, 4) is 0 Å². The fourth-order valence-corrected chi connectivity index (χ4v) is 3.02. The lowest BCUT2D eigenvalue weighted by atomic mass is 10.2. The summed E-state index contributed by atoms with van der Waals surface area (Å²) in [6.07, 6.45) is 1.21. The number of carboxylic acid groups (broad SMARTS) is 1. The van der Waals surface area contributed by atoms with Crippen molar-refractivity contribution >= 4 is 16.0 Å². The van der Waals surface area contributed by atoms with E-state index in [4.69, 9.17) is 5.11 Å². The van der Waals surface area contributed by atoms with Gasteiger partial charge in [-0.25, -0.2) is 17.2 Å². The van der Waals surface area contributed by atoms with E-state index in [-0.39, 0.29) is 5.92 Å². The highest BCUT2D eigenvalue weighted by atomic mass is 32.2. The van der Waals surface area contributed by atoms with Gasteiger partial charge in [0.15, 0.2) is 0 Å². The molecule has 104 valence electrons. The van der Waals surface area contributed by atoms with Gasteiger partial charge in [-0.3, -0.25) is 4.79 Å². The molecule has 1 aliphatic rings. The predicted octanol–water partition coefficient (Wildman–Crippen LogP) is 1.11. The lowest BCUT2D eigenvalue weighted by molar-refractivity contribution is -0.139. The van der Waals surface area contributed by atoms with E-state index < -0.39 is 38.6 Å². The number of benzene rings is 1. The van der Waals surface area contributed by atoms with E-state index in [1.165, 1.54) is 0 Å². The van der Waals surface area contributed by atoms with Crippen LogP contribution in [0.5, 0.6) is 0 Å². The topological polar surface area (TPSA) is 83.5 Å². The Morgan fingerprint density at radius 3 is 2.47 bits per heavy atom. The number of aliphatic carboxylic acids is 1. The molecule has 2 rings (SSSR count). The summed E-state index contributed by atoms with van der Waals surface area (Å²) in [6.45, 7) is 0. The minimum Gasteiger partial charge on any atom is -0.480 e. The molecule has 1 aliphatic carbocycles. The molecule has 19 heavy (non-hydrogen) atoms. The Kier molecular flexibility index (Phi) is 3.55. The van der Waals surface area contributed by atoms with Crippen molar-refractivity contribution in [3.05, 3.63) is 29.8 Å². The Morgan fingerprint density at radius 2 is 2.00 bits per heavy atom. The molecule has 0 amide bonds. The fourth-order valence-electron chi connectivity index (χ4n) is 1.70. The molecule has 2 N–H and O–H groups in total. The number of sulfonamides is 1. The van der Waals surface area contributed by atoms with Crippen LogP contribution in [0, 0.1) is 17.6 Å². The van der Waals surface area contributed by atoms with Crippen LogP contribution in [0.2, 0.25) is 0 Å². The van der Waals surface area contributed by atoms with Crippen LogP contribution in [0.15, 0.2) is 23.1 Å². The third kappa shape index (κ3) is 3.07. The van der Waals surface area contributed by atoms with Crippen molar-refractivity contribution in [1.82, 2.24) is 4.72 Å². The molecule has 1 atom stereocenters. The van der Waals surface area contributed by atoms with E-state index >= 15 is 0 Å². The van der Waals surface area contributed by atoms with Crippen LogP contribution in [-0.4, -0.2) is 25.5 Å². The molecule has 1 unspecified atom stereocenters. The van der Waals surface area contributed by atoms with E-state index in [2.05, 4.69) is 0 Å². The average Bonchev–Trinajstić information content (AvgIpc) is 3.08. The Morgan fingerprint density at radius 1 is 1.37 bits per heavy atom. The highest BCUT2D eigenvalue weighted by Crippen LogP contribution is 2.33. The zero-order chi connectivity index (χ0) is 14.2. The summed E-state index contributed by atoms with van der Waals surface area (Å²) >= 11 is 0. The Labute approximate surface area is 108 Å². The number of hydrogen-bond donors (Lipinski definition) is 2. The first-order chi connectivity index (χ1) is 8.81. The Hall–Kier alpha value is -1.54. The lowest BCUT2D eigenvalue weighted by Crippen LogP contribution is -2.42. The first kappa shape index (κ1) is 13.9. The number of halogens is 2. The van der Waals surface area contributed by atoms with Crippen molar-refractivity contribution in [2.45, 2.75) is 23.8 Å². The molecular weight excluding hydrogens is 280 g/mol. The van der Waals surface area contributed by atoms with Gasteiger partial charge in [0.25, 0.3) is 0 Å². The van der Waals surface area contributed by atoms with Gasteiger partial charge in [-0.2, -0.15) is 4.72 Å². The third-order valence-corrected chi connectivity index (χ3v) is 4.30. The molecule has 0 spiro atoms. The van der Waals surface area contributed by atoms with Gasteiger partial charge in [0, 0.05) is 6.07 Å². The minimum absolute atomic E-state index is 0.282. The molecule has 0 aliphatic heterocycles. The summed E-state index contributed by atoms with van der Waals surface area (Å²) < 4.78 is 51.8. The highest BCUT2D eigenvalue weighted by Gasteiger charge is 2.39. The molecule has 1 saturated carbocycles. The molecule has 1 aromatic rings. The van der Waals surface area contributed by atoms with Gasteiger partial charge >= 0.3 is 5.97 Å². The van der Waals surface area contributed by atoms with Crippen LogP contribution in [0.1, 0.15) is 12.8 Å². The van der Waals surface area contributed by atoms with E-state index in [9.17, 15) is 22.0 Å². The first-order valence-electron chi connectivity index (χ1n) is 5.51. The summed E-state index contributed by atoms with van der Waals surface area (Å²) in [6, 6.07) is 0.708. The predicted molar refractivity (Wildman–Crippen MR) is 60.8 cm³/mol. The Balaban J connectivity index is 2.29. The molecule has 0 bridgehead atoms. The van der Waals surface area contributed by atoms with Gasteiger partial charge in [-0.15, -0.1) is 0 Å². The highest BCUT2D eigenvalue weighted by molar-refractivity contribution is 7.89. The fraction of sp³-hybridized carbons (Fsp3) is 0.364. The second-order valence-corrected chi connectivity index (χ2v) is 6.03. The van der Waals surface area contributed by atoms with E-state index in [0.717, 1.165) is 12.1 Å². The number of nitrogens with one attached hydrogen (secondary N) is 1. The van der Waals surface area contributed by atoms with Crippen LogP contribution < -0.4 is 4.72 Å². The third-order valence-electron chi connectivity index (χ3n) is 2.83. The molecule has 1 aromatic carbocycles. The van der Waals surface area contributed by atoms with Crippen molar-refractivity contribution in [1.29, 1.82) is 0 Å². The molecule has 8 heteroatoms. The van der Waals surface area contributed by atoms with Crippen molar-refractivity contribution < 1.29 is 27.1 Å². The zero-order valence-electron chi connectivity index (χ0n) is 9.64. The van der Waals surface area contributed by atoms with Gasteiger partial charge in [-0.05, 0) is 30.9 Å². The summed E-state index contributed by atoms with van der Waals surface area (Å²) in [5, 5.41) is 8.93. The van der Waals surface area contributed by atoms with E-state index in [1.807, 2.05) is 4.72 Å². The van der Waals surface area contributed by atoms with Gasteiger partial charge in [-0.1, -0.05) is 0 Å². The smallest absolute Gasteiger partial charge is 0.322 e. The summed E-state index contributed by atoms with van der Waals surface area (Å²) in [7, 11) is -4.33. The van der Waals surface area contributed by atoms with E-state index in [1.54, 1.807) is 0 Å². The number of carboxylic acids is 1.